The molecule has 0 bridgehead atoms. The predicted octanol–water partition coefficient (Wildman–Crippen LogP) is 0.555. The second kappa shape index (κ2) is 5.50. The standard InChI is InChI=1S/C9H8N2O2.CH3NO2/c1-13-6-2-3-7-8(4-6)11-9(12)5-10-7;2-1(3)4/h2-5H,1H3,(H,11,12);2H2,(H,3,4). The van der Waals surface area contributed by atoms with Gasteiger partial charge in [0.05, 0.1) is 24.3 Å². The fourth-order valence-electron chi connectivity index (χ4n) is 1.15. The van der Waals surface area contributed by atoms with Gasteiger partial charge in [-0.15, -0.1) is 0 Å². The smallest absolute Gasteiger partial charge is 0.402 e. The summed E-state index contributed by atoms with van der Waals surface area (Å²) in [7, 11) is 1.58. The van der Waals surface area contributed by atoms with Gasteiger partial charge in [-0.25, -0.2) is 9.78 Å². The number of nitrogens with one attached hydrogen (secondary N) is 1. The van der Waals surface area contributed by atoms with Crippen LogP contribution in [0.3, 0.4) is 0 Å². The zero-order chi connectivity index (χ0) is 12.8. The summed E-state index contributed by atoms with van der Waals surface area (Å²) in [4.78, 5) is 26.3. The number of amides is 1. The lowest BCUT2D eigenvalue weighted by molar-refractivity contribution is 0.205. The molecular formula is C10H11N3O4. The molecule has 90 valence electrons. The zero-order valence-corrected chi connectivity index (χ0v) is 9.01. The van der Waals surface area contributed by atoms with E-state index in [1.807, 2.05) is 0 Å². The van der Waals surface area contributed by atoms with Crippen LogP contribution >= 0.6 is 0 Å². The highest BCUT2D eigenvalue weighted by atomic mass is 16.5. The van der Waals surface area contributed by atoms with Crippen molar-refractivity contribution in [3.05, 3.63) is 34.7 Å². The first-order valence-electron chi connectivity index (χ1n) is 4.54. The zero-order valence-electron chi connectivity index (χ0n) is 9.01. The summed E-state index contributed by atoms with van der Waals surface area (Å²) in [5.74, 6) is 0.705. The first kappa shape index (κ1) is 12.5. The number of carbonyl (C=O) groups is 1. The average molecular weight is 237 g/mol. The lowest BCUT2D eigenvalue weighted by atomic mass is 10.3. The van der Waals surface area contributed by atoms with Gasteiger partial charge in [0.15, 0.2) is 0 Å². The number of aromatic amines is 1. The molecular weight excluding hydrogens is 226 g/mol. The topological polar surface area (TPSA) is 118 Å². The van der Waals surface area contributed by atoms with E-state index < -0.39 is 6.09 Å². The predicted molar refractivity (Wildman–Crippen MR) is 61.1 cm³/mol. The fourth-order valence-corrected chi connectivity index (χ4v) is 1.15. The Morgan fingerprint density at radius 3 is 2.76 bits per heavy atom. The third-order valence-electron chi connectivity index (χ3n) is 1.78. The SMILES string of the molecule is COc1ccc2ncc(=O)[nH]c2c1.NC(=O)O. The molecule has 0 spiro atoms. The van der Waals surface area contributed by atoms with Gasteiger partial charge in [0.2, 0.25) is 0 Å². The van der Waals surface area contributed by atoms with E-state index in [-0.39, 0.29) is 5.56 Å². The summed E-state index contributed by atoms with van der Waals surface area (Å²) in [5.41, 5.74) is 5.26. The minimum atomic E-state index is -1.33. The Bertz CT molecular complexity index is 575. The number of methoxy groups -OCH3 is 1. The van der Waals surface area contributed by atoms with Gasteiger partial charge in [0.25, 0.3) is 5.56 Å². The molecule has 1 heterocycles. The number of ether oxygens (including phenoxy) is 1. The number of hydrogen-bond donors (Lipinski definition) is 3. The molecule has 1 amide bonds. The van der Waals surface area contributed by atoms with Crippen LogP contribution in [0.5, 0.6) is 5.75 Å². The molecule has 0 aliphatic rings. The van der Waals surface area contributed by atoms with Crippen LogP contribution in [0, 0.1) is 0 Å². The van der Waals surface area contributed by atoms with Crippen molar-refractivity contribution in [1.82, 2.24) is 9.97 Å². The molecule has 7 heteroatoms. The third-order valence-corrected chi connectivity index (χ3v) is 1.78. The lowest BCUT2D eigenvalue weighted by Crippen LogP contribution is -2.04. The summed E-state index contributed by atoms with van der Waals surface area (Å²) in [6.07, 6.45) is -0.0746. The number of hydrogen-bond acceptors (Lipinski definition) is 4. The van der Waals surface area contributed by atoms with E-state index in [9.17, 15) is 4.79 Å². The first-order valence-corrected chi connectivity index (χ1v) is 4.54. The van der Waals surface area contributed by atoms with Crippen LogP contribution in [-0.4, -0.2) is 28.3 Å². The van der Waals surface area contributed by atoms with Crippen LogP contribution in [0.15, 0.2) is 29.2 Å². The largest absolute Gasteiger partial charge is 0.497 e. The molecule has 1 aromatic heterocycles. The van der Waals surface area contributed by atoms with Crippen molar-refractivity contribution in [2.24, 2.45) is 5.73 Å². The maximum atomic E-state index is 10.9. The van der Waals surface area contributed by atoms with Gasteiger partial charge in [-0.1, -0.05) is 0 Å². The van der Waals surface area contributed by atoms with Crippen LogP contribution in [0.2, 0.25) is 0 Å². The molecule has 0 fully saturated rings. The number of H-pyrrole nitrogens is 1. The lowest BCUT2D eigenvalue weighted by Gasteiger charge is -2.00. The molecule has 2 rings (SSSR count). The maximum Gasteiger partial charge on any atom is 0.402 e. The highest BCUT2D eigenvalue weighted by Crippen LogP contribution is 2.15. The minimum Gasteiger partial charge on any atom is -0.497 e. The number of primary amides is 1. The van der Waals surface area contributed by atoms with E-state index in [2.05, 4.69) is 15.7 Å². The molecule has 0 saturated heterocycles. The Labute approximate surface area is 95.9 Å². The quantitative estimate of drug-likeness (QED) is 0.669. The highest BCUT2D eigenvalue weighted by Gasteiger charge is 1.97. The Morgan fingerprint density at radius 2 is 2.18 bits per heavy atom. The van der Waals surface area contributed by atoms with Crippen LogP contribution < -0.4 is 16.0 Å². The van der Waals surface area contributed by atoms with Crippen molar-refractivity contribution in [1.29, 1.82) is 0 Å². The Hall–Kier alpha value is -2.57. The number of benzene rings is 1. The summed E-state index contributed by atoms with van der Waals surface area (Å²) >= 11 is 0. The average Bonchev–Trinajstić information content (AvgIpc) is 2.27. The van der Waals surface area contributed by atoms with Gasteiger partial charge >= 0.3 is 6.09 Å². The molecule has 0 saturated carbocycles. The van der Waals surface area contributed by atoms with E-state index in [1.54, 1.807) is 25.3 Å². The van der Waals surface area contributed by atoms with Crippen molar-refractivity contribution in [3.8, 4) is 5.75 Å². The number of fused-ring (bicyclic) bond motifs is 1. The third kappa shape index (κ3) is 3.82. The number of aromatic nitrogens is 2. The minimum absolute atomic E-state index is 0.208. The molecule has 4 N–H and O–H groups in total. The van der Waals surface area contributed by atoms with Gasteiger partial charge in [-0.05, 0) is 12.1 Å². The van der Waals surface area contributed by atoms with Crippen LogP contribution in [-0.2, 0) is 0 Å². The van der Waals surface area contributed by atoms with Gasteiger partial charge in [0, 0.05) is 6.07 Å². The van der Waals surface area contributed by atoms with Crippen molar-refractivity contribution >= 4 is 17.1 Å². The van der Waals surface area contributed by atoms with Crippen molar-refractivity contribution in [3.63, 3.8) is 0 Å². The molecule has 1 aromatic carbocycles. The van der Waals surface area contributed by atoms with Crippen LogP contribution in [0.25, 0.3) is 11.0 Å². The molecule has 0 aliphatic carbocycles. The molecule has 0 unspecified atom stereocenters. The molecule has 7 nitrogen and oxygen atoms in total. The first-order chi connectivity index (χ1) is 8.02. The van der Waals surface area contributed by atoms with Gasteiger partial charge < -0.3 is 20.6 Å². The second-order valence-electron chi connectivity index (χ2n) is 2.97. The van der Waals surface area contributed by atoms with E-state index in [0.29, 0.717) is 11.3 Å². The summed E-state index contributed by atoms with van der Waals surface area (Å²) in [6, 6.07) is 5.33. The van der Waals surface area contributed by atoms with Crippen LogP contribution in [0.4, 0.5) is 4.79 Å². The van der Waals surface area contributed by atoms with Crippen molar-refractivity contribution in [2.45, 2.75) is 0 Å². The number of nitrogens with two attached hydrogens (primary N) is 1. The van der Waals surface area contributed by atoms with E-state index in [4.69, 9.17) is 14.6 Å². The normalized spacial score (nSPS) is 9.24. The van der Waals surface area contributed by atoms with Gasteiger partial charge in [0.1, 0.15) is 5.75 Å². The van der Waals surface area contributed by atoms with Crippen molar-refractivity contribution in [2.75, 3.05) is 7.11 Å². The Kier molecular flexibility index (Phi) is 4.04. The summed E-state index contributed by atoms with van der Waals surface area (Å²) in [6.45, 7) is 0. The maximum absolute atomic E-state index is 10.9. The second-order valence-corrected chi connectivity index (χ2v) is 2.97. The summed E-state index contributed by atoms with van der Waals surface area (Å²) in [5, 5.41) is 7.19. The van der Waals surface area contributed by atoms with E-state index >= 15 is 0 Å². The highest BCUT2D eigenvalue weighted by molar-refractivity contribution is 5.75. The molecule has 17 heavy (non-hydrogen) atoms. The van der Waals surface area contributed by atoms with E-state index in [1.165, 1.54) is 6.20 Å². The fraction of sp³-hybridized carbons (Fsp3) is 0.100. The summed E-state index contributed by atoms with van der Waals surface area (Å²) < 4.78 is 5.01. The number of rotatable bonds is 1. The van der Waals surface area contributed by atoms with Gasteiger partial charge in [-0.3, -0.25) is 4.79 Å². The Morgan fingerprint density at radius 1 is 1.53 bits per heavy atom. The monoisotopic (exact) mass is 237 g/mol. The number of carboxylic acid groups (broad SMARTS) is 1. The molecule has 2 aromatic rings. The number of nitrogens with zero attached hydrogens (tertiary/aromatic N) is 1. The molecule has 0 atom stereocenters. The van der Waals surface area contributed by atoms with Gasteiger partial charge in [-0.2, -0.15) is 0 Å². The Balaban J connectivity index is 0.000000317. The molecule has 0 aliphatic heterocycles. The molecule has 0 radical (unpaired) electrons. The van der Waals surface area contributed by atoms with Crippen molar-refractivity contribution < 1.29 is 14.6 Å². The van der Waals surface area contributed by atoms with Crippen LogP contribution in [0.1, 0.15) is 0 Å². The van der Waals surface area contributed by atoms with E-state index in [0.717, 1.165) is 5.52 Å².